The predicted octanol–water partition coefficient (Wildman–Crippen LogP) is 2.89. The molecule has 1 aliphatic rings. The number of nitrogens with one attached hydrogen (secondary N) is 1. The molecule has 1 aromatic heterocycles. The smallest absolute Gasteiger partial charge is 0.133 e. The van der Waals surface area contributed by atoms with Gasteiger partial charge in [0.25, 0.3) is 0 Å². The monoisotopic (exact) mass is 275 g/mol. The van der Waals surface area contributed by atoms with Gasteiger partial charge in [0.05, 0.1) is 6.26 Å². The van der Waals surface area contributed by atoms with Crippen LogP contribution in [0.3, 0.4) is 0 Å². The van der Waals surface area contributed by atoms with E-state index in [4.69, 9.17) is 4.42 Å². The van der Waals surface area contributed by atoms with Gasteiger partial charge in [0, 0.05) is 24.1 Å². The van der Waals surface area contributed by atoms with Crippen LogP contribution in [-0.2, 0) is 5.75 Å². The number of hydrogen-bond donors (Lipinski definition) is 2. The van der Waals surface area contributed by atoms with Crippen molar-refractivity contribution in [2.75, 3.05) is 12.3 Å². The second-order valence-corrected chi connectivity index (χ2v) is 5.74. The second kappa shape index (κ2) is 5.82. The molecule has 0 saturated heterocycles. The van der Waals surface area contributed by atoms with Crippen LogP contribution in [0.4, 0.5) is 0 Å². The third-order valence-electron chi connectivity index (χ3n) is 3.40. The van der Waals surface area contributed by atoms with E-state index in [0.717, 1.165) is 11.5 Å². The van der Waals surface area contributed by atoms with E-state index in [-0.39, 0.29) is 0 Å². The van der Waals surface area contributed by atoms with Gasteiger partial charge in [-0.3, -0.25) is 0 Å². The van der Waals surface area contributed by atoms with Crippen LogP contribution in [0.15, 0.2) is 47.1 Å². The summed E-state index contributed by atoms with van der Waals surface area (Å²) in [5.74, 6) is 2.74. The van der Waals surface area contributed by atoms with Crippen molar-refractivity contribution in [3.63, 3.8) is 0 Å². The molecule has 1 aliphatic heterocycles. The van der Waals surface area contributed by atoms with Gasteiger partial charge in [0.1, 0.15) is 11.9 Å². The van der Waals surface area contributed by atoms with E-state index in [2.05, 4.69) is 29.6 Å². The van der Waals surface area contributed by atoms with Crippen LogP contribution in [0.5, 0.6) is 0 Å². The molecule has 4 heteroatoms. The molecule has 0 saturated carbocycles. The van der Waals surface area contributed by atoms with E-state index in [1.54, 1.807) is 18.4 Å². The first kappa shape index (κ1) is 12.8. The zero-order valence-electron chi connectivity index (χ0n) is 10.6. The summed E-state index contributed by atoms with van der Waals surface area (Å²) in [6, 6.07) is 12.4. The van der Waals surface area contributed by atoms with E-state index >= 15 is 0 Å². The molecule has 1 aromatic carbocycles. The van der Waals surface area contributed by atoms with Crippen LogP contribution < -0.4 is 5.32 Å². The molecule has 2 N–H and O–H groups in total. The van der Waals surface area contributed by atoms with Crippen LogP contribution in [0.2, 0.25) is 0 Å². The highest BCUT2D eigenvalue weighted by Gasteiger charge is 2.21. The van der Waals surface area contributed by atoms with Gasteiger partial charge in [-0.05, 0) is 23.3 Å². The highest BCUT2D eigenvalue weighted by molar-refractivity contribution is 7.98. The minimum absolute atomic E-state index is 0.305. The zero-order chi connectivity index (χ0) is 13.1. The first-order valence-corrected chi connectivity index (χ1v) is 7.60. The zero-order valence-corrected chi connectivity index (χ0v) is 11.4. The van der Waals surface area contributed by atoms with Crippen molar-refractivity contribution in [1.29, 1.82) is 0 Å². The van der Waals surface area contributed by atoms with Gasteiger partial charge in [0.15, 0.2) is 0 Å². The number of aliphatic hydroxyl groups excluding tert-OH is 1. The van der Waals surface area contributed by atoms with E-state index < -0.39 is 6.10 Å². The van der Waals surface area contributed by atoms with Gasteiger partial charge in [-0.15, -0.1) is 0 Å². The number of hydrogen-bond acceptors (Lipinski definition) is 4. The third-order valence-corrected chi connectivity index (χ3v) is 4.49. The fraction of sp³-hybridized carbons (Fsp3) is 0.333. The average molecular weight is 275 g/mol. The topological polar surface area (TPSA) is 45.4 Å². The molecular weight excluding hydrogens is 258 g/mol. The Kier molecular flexibility index (Phi) is 3.92. The van der Waals surface area contributed by atoms with Crippen LogP contribution in [0.25, 0.3) is 0 Å². The summed E-state index contributed by atoms with van der Waals surface area (Å²) in [7, 11) is 0. The van der Waals surface area contributed by atoms with Crippen LogP contribution in [-0.4, -0.2) is 17.4 Å². The molecule has 0 bridgehead atoms. The average Bonchev–Trinajstić information content (AvgIpc) is 2.99. The third kappa shape index (κ3) is 2.86. The molecule has 0 aliphatic carbocycles. The first-order valence-electron chi connectivity index (χ1n) is 6.45. The van der Waals surface area contributed by atoms with Gasteiger partial charge in [-0.1, -0.05) is 24.3 Å². The minimum atomic E-state index is -0.589. The Labute approximate surface area is 117 Å². The quantitative estimate of drug-likeness (QED) is 0.900. The van der Waals surface area contributed by atoms with Crippen LogP contribution >= 0.6 is 11.8 Å². The molecule has 0 unspecified atom stereocenters. The number of thioether (sulfide) groups is 1. The Morgan fingerprint density at radius 3 is 3.05 bits per heavy atom. The summed E-state index contributed by atoms with van der Waals surface area (Å²) < 4.78 is 5.21. The summed E-state index contributed by atoms with van der Waals surface area (Å²) in [4.78, 5) is 0. The molecule has 0 amide bonds. The SMILES string of the molecule is O[C@@H](CN[C@H]1CSCc2ccccc21)c1ccco1. The second-order valence-electron chi connectivity index (χ2n) is 4.71. The molecule has 100 valence electrons. The summed E-state index contributed by atoms with van der Waals surface area (Å²) in [6.07, 6.45) is 0.999. The van der Waals surface area contributed by atoms with Crippen molar-refractivity contribution in [2.24, 2.45) is 0 Å². The standard InChI is InChI=1S/C15H17NO2S/c17-14(15-6-3-7-18-15)8-16-13-10-19-9-11-4-1-2-5-12(11)13/h1-7,13-14,16-17H,8-10H2/t13-,14-/m0/s1. The van der Waals surface area contributed by atoms with Crippen molar-refractivity contribution >= 4 is 11.8 Å². The highest BCUT2D eigenvalue weighted by atomic mass is 32.2. The van der Waals surface area contributed by atoms with Gasteiger partial charge < -0.3 is 14.8 Å². The Morgan fingerprint density at radius 2 is 2.21 bits per heavy atom. The predicted molar refractivity (Wildman–Crippen MR) is 77.0 cm³/mol. The van der Waals surface area contributed by atoms with Crippen molar-refractivity contribution < 1.29 is 9.52 Å². The first-order chi connectivity index (χ1) is 9.34. The van der Waals surface area contributed by atoms with Crippen molar-refractivity contribution in [2.45, 2.75) is 17.9 Å². The van der Waals surface area contributed by atoms with Gasteiger partial charge in [0.2, 0.25) is 0 Å². The highest BCUT2D eigenvalue weighted by Crippen LogP contribution is 2.31. The summed E-state index contributed by atoms with van der Waals surface area (Å²) in [5.41, 5.74) is 2.75. The number of rotatable bonds is 4. The van der Waals surface area contributed by atoms with Crippen molar-refractivity contribution in [3.8, 4) is 0 Å². The van der Waals surface area contributed by atoms with E-state index in [0.29, 0.717) is 18.3 Å². The summed E-state index contributed by atoms with van der Waals surface area (Å²) >= 11 is 1.93. The lowest BCUT2D eigenvalue weighted by Crippen LogP contribution is -2.30. The Morgan fingerprint density at radius 1 is 1.32 bits per heavy atom. The van der Waals surface area contributed by atoms with Crippen LogP contribution in [0.1, 0.15) is 29.0 Å². The molecule has 2 atom stereocenters. The maximum atomic E-state index is 10.0. The number of benzene rings is 1. The van der Waals surface area contributed by atoms with Crippen LogP contribution in [0, 0.1) is 0 Å². The molecular formula is C15H17NO2S. The van der Waals surface area contributed by atoms with Crippen molar-refractivity contribution in [3.05, 3.63) is 59.5 Å². The molecule has 19 heavy (non-hydrogen) atoms. The number of fused-ring (bicyclic) bond motifs is 1. The number of aliphatic hydroxyl groups is 1. The lowest BCUT2D eigenvalue weighted by atomic mass is 10.0. The lowest BCUT2D eigenvalue weighted by Gasteiger charge is -2.26. The minimum Gasteiger partial charge on any atom is -0.467 e. The summed E-state index contributed by atoms with van der Waals surface area (Å²) in [6.45, 7) is 0.507. The maximum absolute atomic E-state index is 10.0. The maximum Gasteiger partial charge on any atom is 0.133 e. The molecule has 2 aromatic rings. The fourth-order valence-electron chi connectivity index (χ4n) is 2.39. The van der Waals surface area contributed by atoms with E-state index in [9.17, 15) is 5.11 Å². The molecule has 3 rings (SSSR count). The molecule has 2 heterocycles. The molecule has 0 fully saturated rings. The lowest BCUT2D eigenvalue weighted by molar-refractivity contribution is 0.144. The van der Waals surface area contributed by atoms with Crippen molar-refractivity contribution in [1.82, 2.24) is 5.32 Å². The Balaban J connectivity index is 1.65. The van der Waals surface area contributed by atoms with Gasteiger partial charge in [-0.2, -0.15) is 11.8 Å². The number of furan rings is 1. The van der Waals surface area contributed by atoms with Gasteiger partial charge >= 0.3 is 0 Å². The van der Waals surface area contributed by atoms with E-state index in [1.807, 2.05) is 11.8 Å². The molecule has 3 nitrogen and oxygen atoms in total. The van der Waals surface area contributed by atoms with E-state index in [1.165, 1.54) is 11.1 Å². The Hall–Kier alpha value is -1.23. The molecule has 0 spiro atoms. The van der Waals surface area contributed by atoms with Gasteiger partial charge in [-0.25, -0.2) is 0 Å². The molecule has 0 radical (unpaired) electrons. The summed E-state index contributed by atoms with van der Waals surface area (Å²) in [5, 5.41) is 13.5. The largest absolute Gasteiger partial charge is 0.467 e. The fourth-order valence-corrected chi connectivity index (χ4v) is 3.52. The normalized spacial score (nSPS) is 19.9. The Bertz CT molecular complexity index is 527.